The van der Waals surface area contributed by atoms with Crippen LogP contribution in [0.2, 0.25) is 0 Å². The summed E-state index contributed by atoms with van der Waals surface area (Å²) in [6.45, 7) is 2.65. The molecule has 7 nitrogen and oxygen atoms in total. The molecule has 2 atom stereocenters. The summed E-state index contributed by atoms with van der Waals surface area (Å²) < 4.78 is 18.0. The summed E-state index contributed by atoms with van der Waals surface area (Å²) in [4.78, 5) is 24.1. The predicted molar refractivity (Wildman–Crippen MR) is 99.8 cm³/mol. The van der Waals surface area contributed by atoms with E-state index in [1.54, 1.807) is 25.4 Å². The molecular formula is C20H23NO6. The summed E-state index contributed by atoms with van der Waals surface area (Å²) in [7, 11) is 3.10. The molecule has 2 unspecified atom stereocenters. The molecule has 7 heteroatoms. The first-order valence-corrected chi connectivity index (χ1v) is 8.80. The molecule has 0 bridgehead atoms. The lowest BCUT2D eigenvalue weighted by Gasteiger charge is -2.35. The van der Waals surface area contributed by atoms with Crippen LogP contribution in [0.1, 0.15) is 30.9 Å². The highest BCUT2D eigenvalue weighted by atomic mass is 16.5. The second-order valence-corrected chi connectivity index (χ2v) is 6.38. The van der Waals surface area contributed by atoms with Gasteiger partial charge < -0.3 is 23.9 Å². The molecule has 27 heavy (non-hydrogen) atoms. The zero-order valence-electron chi connectivity index (χ0n) is 15.6. The van der Waals surface area contributed by atoms with Crippen LogP contribution in [0, 0.1) is 0 Å². The Morgan fingerprint density at radius 2 is 1.96 bits per heavy atom. The second-order valence-electron chi connectivity index (χ2n) is 6.38. The van der Waals surface area contributed by atoms with E-state index >= 15 is 0 Å². The molecule has 1 aliphatic rings. The minimum atomic E-state index is -0.916. The van der Waals surface area contributed by atoms with E-state index in [0.29, 0.717) is 48.0 Å². The van der Waals surface area contributed by atoms with Crippen molar-refractivity contribution in [2.45, 2.75) is 25.3 Å². The standard InChI is InChI=1S/C20H23NO6/c1-4-15-19(20(23)24)14-11-18(27-8-7-25-2)17(26-3)10-13(14)16-9-12(22)5-6-21(15)16/h5-6,9-11,15,19H,4,7-8H2,1-3H3,(H,23,24). The highest BCUT2D eigenvalue weighted by molar-refractivity contribution is 5.84. The van der Waals surface area contributed by atoms with Crippen LogP contribution in [-0.4, -0.2) is 43.1 Å². The van der Waals surface area contributed by atoms with Gasteiger partial charge in [-0.2, -0.15) is 0 Å². The van der Waals surface area contributed by atoms with Crippen molar-refractivity contribution in [2.75, 3.05) is 27.4 Å². The Hall–Kier alpha value is -2.80. The Labute approximate surface area is 157 Å². The minimum absolute atomic E-state index is 0.129. The lowest BCUT2D eigenvalue weighted by molar-refractivity contribution is -0.140. The molecule has 0 aliphatic carbocycles. The van der Waals surface area contributed by atoms with Gasteiger partial charge in [-0.1, -0.05) is 6.92 Å². The number of nitrogens with zero attached hydrogens (tertiary/aromatic N) is 1. The van der Waals surface area contributed by atoms with Gasteiger partial charge >= 0.3 is 5.97 Å². The number of carboxylic acids is 1. The number of rotatable bonds is 7. The van der Waals surface area contributed by atoms with Crippen molar-refractivity contribution in [1.29, 1.82) is 0 Å². The van der Waals surface area contributed by atoms with Crippen LogP contribution >= 0.6 is 0 Å². The molecule has 0 spiro atoms. The Morgan fingerprint density at radius 3 is 2.59 bits per heavy atom. The van der Waals surface area contributed by atoms with Crippen LogP contribution in [0.4, 0.5) is 0 Å². The van der Waals surface area contributed by atoms with Gasteiger partial charge in [0.2, 0.25) is 0 Å². The molecule has 0 fully saturated rings. The first-order valence-electron chi connectivity index (χ1n) is 8.80. The number of pyridine rings is 1. The van der Waals surface area contributed by atoms with Gasteiger partial charge in [-0.05, 0) is 24.1 Å². The van der Waals surface area contributed by atoms with Gasteiger partial charge in [0.15, 0.2) is 16.9 Å². The molecule has 0 saturated heterocycles. The van der Waals surface area contributed by atoms with Crippen LogP contribution in [0.15, 0.2) is 35.3 Å². The van der Waals surface area contributed by atoms with Crippen molar-refractivity contribution in [1.82, 2.24) is 4.57 Å². The summed E-state index contributed by atoms with van der Waals surface area (Å²) in [5.41, 5.74) is 1.84. The molecule has 0 amide bonds. The maximum atomic E-state index is 12.1. The number of carboxylic acid groups (broad SMARTS) is 1. The van der Waals surface area contributed by atoms with Gasteiger partial charge in [0.1, 0.15) is 12.5 Å². The Morgan fingerprint density at radius 1 is 1.19 bits per heavy atom. The quantitative estimate of drug-likeness (QED) is 0.751. The largest absolute Gasteiger partial charge is 0.493 e. The lowest BCUT2D eigenvalue weighted by Crippen LogP contribution is -2.30. The van der Waals surface area contributed by atoms with Crippen LogP contribution < -0.4 is 14.9 Å². The van der Waals surface area contributed by atoms with E-state index in [0.717, 1.165) is 0 Å². The smallest absolute Gasteiger partial charge is 0.313 e. The fourth-order valence-electron chi connectivity index (χ4n) is 3.66. The topological polar surface area (TPSA) is 87.0 Å². The number of carbonyl (C=O) groups is 1. The van der Waals surface area contributed by atoms with Crippen molar-refractivity contribution in [3.05, 3.63) is 46.2 Å². The first-order chi connectivity index (χ1) is 13.0. The third kappa shape index (κ3) is 3.42. The van der Waals surface area contributed by atoms with Gasteiger partial charge in [0.05, 0.1) is 25.5 Å². The van der Waals surface area contributed by atoms with Crippen LogP contribution in [0.3, 0.4) is 0 Å². The molecule has 1 aromatic carbocycles. The minimum Gasteiger partial charge on any atom is -0.493 e. The number of aromatic nitrogens is 1. The summed E-state index contributed by atoms with van der Waals surface area (Å²) in [6.07, 6.45) is 2.28. The van der Waals surface area contributed by atoms with Crippen LogP contribution in [0.25, 0.3) is 11.3 Å². The number of methoxy groups -OCH3 is 2. The third-order valence-electron chi connectivity index (χ3n) is 4.87. The van der Waals surface area contributed by atoms with E-state index in [9.17, 15) is 14.7 Å². The van der Waals surface area contributed by atoms with Crippen molar-refractivity contribution in [3.63, 3.8) is 0 Å². The van der Waals surface area contributed by atoms with Crippen molar-refractivity contribution in [2.24, 2.45) is 0 Å². The Balaban J connectivity index is 2.23. The zero-order valence-corrected chi connectivity index (χ0v) is 15.6. The molecule has 3 rings (SSSR count). The Kier molecular flexibility index (Phi) is 5.51. The van der Waals surface area contributed by atoms with E-state index in [-0.39, 0.29) is 11.5 Å². The van der Waals surface area contributed by atoms with Crippen molar-refractivity contribution >= 4 is 5.97 Å². The fraction of sp³-hybridized carbons (Fsp3) is 0.400. The average molecular weight is 373 g/mol. The SMILES string of the molecule is CCC1C(C(=O)O)c2cc(OCCOC)c(OC)cc2-c2cc(=O)ccn21. The first kappa shape index (κ1) is 19.0. The maximum Gasteiger partial charge on any atom is 0.313 e. The summed E-state index contributed by atoms with van der Waals surface area (Å²) in [5, 5.41) is 9.93. The van der Waals surface area contributed by atoms with Crippen molar-refractivity contribution < 1.29 is 24.1 Å². The molecule has 1 aliphatic heterocycles. The van der Waals surface area contributed by atoms with E-state index in [1.807, 2.05) is 11.5 Å². The third-order valence-corrected chi connectivity index (χ3v) is 4.87. The molecule has 144 valence electrons. The van der Waals surface area contributed by atoms with Gasteiger partial charge in [-0.15, -0.1) is 0 Å². The lowest BCUT2D eigenvalue weighted by atomic mass is 9.81. The average Bonchev–Trinajstić information content (AvgIpc) is 2.66. The number of hydrogen-bond acceptors (Lipinski definition) is 5. The molecular weight excluding hydrogens is 350 g/mol. The van der Waals surface area contributed by atoms with Crippen LogP contribution in [-0.2, 0) is 9.53 Å². The van der Waals surface area contributed by atoms with Gasteiger partial charge in [-0.3, -0.25) is 9.59 Å². The van der Waals surface area contributed by atoms with Gasteiger partial charge in [0, 0.05) is 31.0 Å². The monoisotopic (exact) mass is 373 g/mol. The highest BCUT2D eigenvalue weighted by Gasteiger charge is 2.38. The van der Waals surface area contributed by atoms with Crippen LogP contribution in [0.5, 0.6) is 11.5 Å². The van der Waals surface area contributed by atoms with E-state index in [4.69, 9.17) is 14.2 Å². The number of ether oxygens (including phenoxy) is 3. The molecule has 1 aromatic heterocycles. The molecule has 1 N–H and O–H groups in total. The van der Waals surface area contributed by atoms with E-state index < -0.39 is 11.9 Å². The molecule has 2 aromatic rings. The molecule has 0 radical (unpaired) electrons. The fourth-order valence-corrected chi connectivity index (χ4v) is 3.66. The number of aliphatic carboxylic acids is 1. The number of fused-ring (bicyclic) bond motifs is 3. The summed E-state index contributed by atoms with van der Waals surface area (Å²) in [5.74, 6) is -0.732. The van der Waals surface area contributed by atoms with Crippen molar-refractivity contribution in [3.8, 4) is 22.8 Å². The number of hydrogen-bond donors (Lipinski definition) is 1. The second kappa shape index (κ2) is 7.84. The maximum absolute atomic E-state index is 12.1. The van der Waals surface area contributed by atoms with E-state index in [2.05, 4.69) is 0 Å². The zero-order chi connectivity index (χ0) is 19.6. The Bertz CT molecular complexity index is 904. The summed E-state index contributed by atoms with van der Waals surface area (Å²) >= 11 is 0. The number of benzene rings is 1. The van der Waals surface area contributed by atoms with Gasteiger partial charge in [0.25, 0.3) is 0 Å². The van der Waals surface area contributed by atoms with E-state index in [1.165, 1.54) is 19.2 Å². The molecule has 2 heterocycles. The highest BCUT2D eigenvalue weighted by Crippen LogP contribution is 2.47. The van der Waals surface area contributed by atoms with Gasteiger partial charge in [-0.25, -0.2) is 0 Å². The predicted octanol–water partition coefficient (Wildman–Crippen LogP) is 2.68. The molecule has 0 saturated carbocycles. The normalized spacial score (nSPS) is 17.7. The summed E-state index contributed by atoms with van der Waals surface area (Å²) in [6, 6.07) is 6.14.